The lowest BCUT2D eigenvalue weighted by molar-refractivity contribution is -0.384. The first-order chi connectivity index (χ1) is 14.5. The fourth-order valence-corrected chi connectivity index (χ4v) is 3.23. The van der Waals surface area contributed by atoms with Gasteiger partial charge in [0.2, 0.25) is 0 Å². The number of benzene rings is 2. The predicted molar refractivity (Wildman–Crippen MR) is 124 cm³/mol. The number of non-ortho nitro benzene ring substituents is 1. The van der Waals surface area contributed by atoms with Gasteiger partial charge in [-0.1, -0.05) is 11.6 Å². The summed E-state index contributed by atoms with van der Waals surface area (Å²) in [5.74, 6) is 0.347. The molecule has 0 saturated heterocycles. The number of pyridine rings is 1. The van der Waals surface area contributed by atoms with Crippen LogP contribution in [0.3, 0.4) is 0 Å². The molecule has 3 rings (SSSR count). The molecule has 0 spiro atoms. The first kappa shape index (κ1) is 21.5. The third kappa shape index (κ3) is 5.46. The van der Waals surface area contributed by atoms with Crippen LogP contribution in [0.25, 0.3) is 10.9 Å². The molecule has 3 N–H and O–H groups in total. The molecular weight excluding hydrogens is 426 g/mol. The molecule has 0 amide bonds. The van der Waals surface area contributed by atoms with E-state index in [1.165, 1.54) is 19.2 Å². The van der Waals surface area contributed by atoms with Crippen LogP contribution >= 0.6 is 23.8 Å². The average molecular weight is 446 g/mol. The number of hydrogen-bond acceptors (Lipinski definition) is 6. The van der Waals surface area contributed by atoms with Crippen LogP contribution in [-0.4, -0.2) is 35.2 Å². The number of methoxy groups -OCH3 is 1. The lowest BCUT2D eigenvalue weighted by Crippen LogP contribution is -2.30. The summed E-state index contributed by atoms with van der Waals surface area (Å²) in [5, 5.41) is 22.5. The molecule has 1 aromatic heterocycles. The fourth-order valence-electron chi connectivity index (χ4n) is 2.85. The van der Waals surface area contributed by atoms with E-state index in [2.05, 4.69) is 20.9 Å². The topological polar surface area (TPSA) is 101 Å². The Morgan fingerprint density at radius 1 is 1.20 bits per heavy atom. The molecule has 30 heavy (non-hydrogen) atoms. The van der Waals surface area contributed by atoms with Crippen LogP contribution in [0.2, 0.25) is 5.02 Å². The highest BCUT2D eigenvalue weighted by atomic mass is 35.5. The number of ether oxygens (including phenoxy) is 1. The van der Waals surface area contributed by atoms with Gasteiger partial charge in [0.15, 0.2) is 5.11 Å². The molecule has 10 heteroatoms. The zero-order valence-electron chi connectivity index (χ0n) is 16.1. The lowest BCUT2D eigenvalue weighted by atomic mass is 10.2. The molecule has 3 aromatic rings. The first-order valence-corrected chi connectivity index (χ1v) is 9.92. The van der Waals surface area contributed by atoms with Crippen LogP contribution in [0.4, 0.5) is 17.1 Å². The van der Waals surface area contributed by atoms with E-state index in [9.17, 15) is 10.1 Å². The highest BCUT2D eigenvalue weighted by Crippen LogP contribution is 2.29. The van der Waals surface area contributed by atoms with E-state index in [0.717, 1.165) is 29.6 Å². The van der Waals surface area contributed by atoms with Crippen molar-refractivity contribution in [3.63, 3.8) is 0 Å². The molecular formula is C20H20ClN5O3S. The molecule has 2 aromatic carbocycles. The van der Waals surface area contributed by atoms with Gasteiger partial charge in [-0.25, -0.2) is 0 Å². The number of nitro benzene ring substituents is 1. The van der Waals surface area contributed by atoms with Gasteiger partial charge in [-0.3, -0.25) is 15.1 Å². The minimum absolute atomic E-state index is 0.0479. The Hall–Kier alpha value is -3.17. The third-order valence-corrected chi connectivity index (χ3v) is 4.78. The van der Waals surface area contributed by atoms with Gasteiger partial charge in [0.25, 0.3) is 5.69 Å². The maximum Gasteiger partial charge on any atom is 0.273 e. The molecule has 156 valence electrons. The molecule has 0 bridgehead atoms. The summed E-state index contributed by atoms with van der Waals surface area (Å²) in [6.07, 6.45) is 2.56. The standard InChI is InChI=1S/C20H20ClN5O3S/c1-29-19-12-14(26(27)28)4-6-17(19)25-20(30)24-9-2-8-22-16-7-10-23-18-11-13(21)3-5-15(16)18/h3-7,10-12H,2,8-9H2,1H3,(H,22,23)(H2,24,25,30). The summed E-state index contributed by atoms with van der Waals surface area (Å²) in [4.78, 5) is 14.7. The summed E-state index contributed by atoms with van der Waals surface area (Å²) < 4.78 is 5.19. The number of hydrogen-bond donors (Lipinski definition) is 3. The zero-order chi connectivity index (χ0) is 21.5. The number of nitrogens with zero attached hydrogens (tertiary/aromatic N) is 2. The van der Waals surface area contributed by atoms with Gasteiger partial charge < -0.3 is 20.7 Å². The first-order valence-electron chi connectivity index (χ1n) is 9.13. The maximum atomic E-state index is 10.9. The number of fused-ring (bicyclic) bond motifs is 1. The number of aromatic nitrogens is 1. The Bertz CT molecular complexity index is 1080. The third-order valence-electron chi connectivity index (χ3n) is 4.30. The minimum atomic E-state index is -0.476. The van der Waals surface area contributed by atoms with Gasteiger partial charge >= 0.3 is 0 Å². The highest BCUT2D eigenvalue weighted by Gasteiger charge is 2.12. The van der Waals surface area contributed by atoms with Gasteiger partial charge in [-0.05, 0) is 49.0 Å². The largest absolute Gasteiger partial charge is 0.494 e. The Morgan fingerprint density at radius 3 is 2.80 bits per heavy atom. The van der Waals surface area contributed by atoms with E-state index in [4.69, 9.17) is 28.6 Å². The summed E-state index contributed by atoms with van der Waals surface area (Å²) in [6, 6.07) is 11.9. The number of halogens is 1. The van der Waals surface area contributed by atoms with E-state index >= 15 is 0 Å². The van der Waals surface area contributed by atoms with Crippen molar-refractivity contribution in [1.82, 2.24) is 10.3 Å². The lowest BCUT2D eigenvalue weighted by Gasteiger charge is -2.14. The molecule has 0 fully saturated rings. The van der Waals surface area contributed by atoms with E-state index < -0.39 is 4.92 Å². The van der Waals surface area contributed by atoms with Crippen molar-refractivity contribution in [3.05, 3.63) is 63.8 Å². The maximum absolute atomic E-state index is 10.9. The van der Waals surface area contributed by atoms with E-state index in [-0.39, 0.29) is 5.69 Å². The summed E-state index contributed by atoms with van der Waals surface area (Å²) in [5.41, 5.74) is 2.34. The van der Waals surface area contributed by atoms with Crippen molar-refractivity contribution in [3.8, 4) is 5.75 Å². The molecule has 0 unspecified atom stereocenters. The summed E-state index contributed by atoms with van der Waals surface area (Å²) in [7, 11) is 1.45. The van der Waals surface area contributed by atoms with Crippen LogP contribution < -0.4 is 20.7 Å². The van der Waals surface area contributed by atoms with Crippen molar-refractivity contribution >= 4 is 56.9 Å². The van der Waals surface area contributed by atoms with Crippen LogP contribution in [0.1, 0.15) is 6.42 Å². The average Bonchev–Trinajstić information content (AvgIpc) is 2.73. The molecule has 1 heterocycles. The molecule has 0 atom stereocenters. The normalized spacial score (nSPS) is 10.5. The van der Waals surface area contributed by atoms with Gasteiger partial charge in [0.1, 0.15) is 5.75 Å². The number of rotatable bonds is 8. The van der Waals surface area contributed by atoms with Crippen LogP contribution in [0, 0.1) is 10.1 Å². The van der Waals surface area contributed by atoms with Gasteiger partial charge in [0.05, 0.1) is 29.3 Å². The molecule has 0 aliphatic heterocycles. The van der Waals surface area contributed by atoms with Crippen LogP contribution in [0.5, 0.6) is 5.75 Å². The Labute approximate surface area is 183 Å². The van der Waals surface area contributed by atoms with E-state index in [1.807, 2.05) is 24.3 Å². The Kier molecular flexibility index (Phi) is 7.21. The van der Waals surface area contributed by atoms with Crippen molar-refractivity contribution in [1.29, 1.82) is 0 Å². The molecule has 0 saturated carbocycles. The number of nitrogens with one attached hydrogen (secondary N) is 3. The fraction of sp³-hybridized carbons (Fsp3) is 0.200. The van der Waals surface area contributed by atoms with Crippen molar-refractivity contribution in [2.24, 2.45) is 0 Å². The second kappa shape index (κ2) is 10.0. The van der Waals surface area contributed by atoms with Crippen molar-refractivity contribution in [2.75, 3.05) is 30.8 Å². The van der Waals surface area contributed by atoms with E-state index in [1.54, 1.807) is 12.3 Å². The zero-order valence-corrected chi connectivity index (χ0v) is 17.7. The van der Waals surface area contributed by atoms with Crippen LogP contribution in [0.15, 0.2) is 48.7 Å². The summed E-state index contributed by atoms with van der Waals surface area (Å²) >= 11 is 11.3. The van der Waals surface area contributed by atoms with Gasteiger partial charge in [-0.2, -0.15) is 0 Å². The van der Waals surface area contributed by atoms with E-state index in [0.29, 0.717) is 28.1 Å². The predicted octanol–water partition coefficient (Wildman–Crippen LogP) is 4.59. The second-order valence-corrected chi connectivity index (χ2v) is 7.17. The molecule has 0 aliphatic rings. The van der Waals surface area contributed by atoms with Crippen LogP contribution in [-0.2, 0) is 0 Å². The quantitative estimate of drug-likeness (QED) is 0.200. The van der Waals surface area contributed by atoms with Crippen molar-refractivity contribution < 1.29 is 9.66 Å². The van der Waals surface area contributed by atoms with Gasteiger partial charge in [-0.15, -0.1) is 0 Å². The number of anilines is 2. The smallest absolute Gasteiger partial charge is 0.273 e. The minimum Gasteiger partial charge on any atom is -0.494 e. The number of nitro groups is 1. The Morgan fingerprint density at radius 2 is 2.03 bits per heavy atom. The molecule has 8 nitrogen and oxygen atoms in total. The number of thiocarbonyl (C=S) groups is 1. The monoisotopic (exact) mass is 445 g/mol. The second-order valence-electron chi connectivity index (χ2n) is 6.32. The SMILES string of the molecule is COc1cc([N+](=O)[O-])ccc1NC(=S)NCCCNc1ccnc2cc(Cl)ccc12. The Balaban J connectivity index is 1.47. The summed E-state index contributed by atoms with van der Waals surface area (Å²) in [6.45, 7) is 1.38. The molecule has 0 aliphatic carbocycles. The molecule has 0 radical (unpaired) electrons. The highest BCUT2D eigenvalue weighted by molar-refractivity contribution is 7.80. The van der Waals surface area contributed by atoms with Crippen molar-refractivity contribution in [2.45, 2.75) is 6.42 Å². The van der Waals surface area contributed by atoms with Gasteiger partial charge in [0, 0.05) is 41.4 Å².